The highest BCUT2D eigenvalue weighted by atomic mass is 16.5. The van der Waals surface area contributed by atoms with Crippen LogP contribution in [0.1, 0.15) is 12.8 Å². The van der Waals surface area contributed by atoms with Crippen molar-refractivity contribution in [1.82, 2.24) is 0 Å². The van der Waals surface area contributed by atoms with Crippen LogP contribution in [0.4, 0.5) is 0 Å². The molecule has 0 aromatic rings. The minimum absolute atomic E-state index is 0.126. The molecule has 4 atom stereocenters. The van der Waals surface area contributed by atoms with Crippen molar-refractivity contribution in [2.45, 2.75) is 25.0 Å². The Balaban J connectivity index is 2.10. The van der Waals surface area contributed by atoms with E-state index in [4.69, 9.17) is 21.0 Å². The lowest BCUT2D eigenvalue weighted by Gasteiger charge is -2.22. The summed E-state index contributed by atoms with van der Waals surface area (Å²) in [5, 5.41) is 9.05. The average molecular weight is 224 g/mol. The fraction of sp³-hybridized carbons (Fsp3) is 0.636. The largest absolute Gasteiger partial charge is 0.481 e. The van der Waals surface area contributed by atoms with Gasteiger partial charge < -0.3 is 14.6 Å². The molecule has 16 heavy (non-hydrogen) atoms. The van der Waals surface area contributed by atoms with Gasteiger partial charge in [-0.05, 0) is 12.8 Å². The lowest BCUT2D eigenvalue weighted by molar-refractivity contribution is -0.157. The maximum absolute atomic E-state index is 11.6. The van der Waals surface area contributed by atoms with Gasteiger partial charge in [0.1, 0.15) is 0 Å². The fourth-order valence-electron chi connectivity index (χ4n) is 2.50. The van der Waals surface area contributed by atoms with Crippen molar-refractivity contribution in [1.29, 1.82) is 0 Å². The molecule has 0 unspecified atom stereocenters. The molecule has 2 heterocycles. The minimum Gasteiger partial charge on any atom is -0.481 e. The molecule has 0 aromatic heterocycles. The molecule has 86 valence electrons. The lowest BCUT2D eigenvalue weighted by atomic mass is 9.79. The van der Waals surface area contributed by atoms with Gasteiger partial charge >= 0.3 is 11.9 Å². The second kappa shape index (κ2) is 4.14. The number of fused-ring (bicyclic) bond motifs is 2. The Kier molecular flexibility index (Phi) is 2.84. The van der Waals surface area contributed by atoms with Crippen LogP contribution in [0.5, 0.6) is 0 Å². The molecule has 0 amide bonds. The summed E-state index contributed by atoms with van der Waals surface area (Å²) < 4.78 is 10.2. The highest BCUT2D eigenvalue weighted by Gasteiger charge is 2.56. The molecule has 2 fully saturated rings. The highest BCUT2D eigenvalue weighted by Crippen LogP contribution is 2.44. The molecule has 0 aliphatic carbocycles. The highest BCUT2D eigenvalue weighted by molar-refractivity contribution is 5.83. The van der Waals surface area contributed by atoms with Crippen molar-refractivity contribution < 1.29 is 24.2 Å². The number of rotatable bonds is 3. The van der Waals surface area contributed by atoms with Crippen molar-refractivity contribution in [2.75, 3.05) is 6.61 Å². The molecule has 2 bridgehead atoms. The molecule has 0 spiro atoms. The normalized spacial score (nSPS) is 35.7. The van der Waals surface area contributed by atoms with E-state index < -0.39 is 23.8 Å². The first kappa shape index (κ1) is 11.0. The quantitative estimate of drug-likeness (QED) is 0.541. The number of carbonyl (C=O) groups excluding carboxylic acids is 1. The molecule has 2 aliphatic rings. The zero-order valence-electron chi connectivity index (χ0n) is 8.59. The van der Waals surface area contributed by atoms with Crippen LogP contribution >= 0.6 is 0 Å². The Morgan fingerprint density at radius 1 is 1.38 bits per heavy atom. The number of esters is 1. The summed E-state index contributed by atoms with van der Waals surface area (Å²) >= 11 is 0. The van der Waals surface area contributed by atoms with Crippen molar-refractivity contribution in [2.24, 2.45) is 11.8 Å². The molecule has 0 aromatic carbocycles. The standard InChI is InChI=1S/C11H12O5/c1-2-5-15-11(14)9-7-4-3-6(16-7)8(9)10(12)13/h1,6-9H,3-5H2,(H,12,13)/t6-,7+,8-,9-/m0/s1. The molecule has 5 nitrogen and oxygen atoms in total. The zero-order valence-corrected chi connectivity index (χ0v) is 8.59. The summed E-state index contributed by atoms with van der Waals surface area (Å²) in [6.07, 6.45) is 5.70. The van der Waals surface area contributed by atoms with Gasteiger partial charge in [0.25, 0.3) is 0 Å². The van der Waals surface area contributed by atoms with Gasteiger partial charge in [-0.15, -0.1) is 6.42 Å². The van der Waals surface area contributed by atoms with Gasteiger partial charge in [-0.2, -0.15) is 0 Å². The minimum atomic E-state index is -1.00. The van der Waals surface area contributed by atoms with E-state index in [1.165, 1.54) is 0 Å². The first-order valence-corrected chi connectivity index (χ1v) is 5.13. The predicted octanol–water partition coefficient (Wildman–Crippen LogP) is 0.0410. The van der Waals surface area contributed by atoms with Crippen LogP contribution in [-0.2, 0) is 19.1 Å². The molecule has 2 saturated heterocycles. The number of hydrogen-bond donors (Lipinski definition) is 1. The Morgan fingerprint density at radius 3 is 2.56 bits per heavy atom. The first-order chi connectivity index (χ1) is 7.65. The van der Waals surface area contributed by atoms with Gasteiger partial charge in [-0.25, -0.2) is 0 Å². The van der Waals surface area contributed by atoms with E-state index >= 15 is 0 Å². The van der Waals surface area contributed by atoms with E-state index in [-0.39, 0.29) is 18.8 Å². The second-order valence-electron chi connectivity index (χ2n) is 3.99. The topological polar surface area (TPSA) is 72.8 Å². The van der Waals surface area contributed by atoms with Crippen LogP contribution in [0, 0.1) is 24.2 Å². The number of aliphatic carboxylic acids is 1. The Hall–Kier alpha value is -1.54. The molecule has 1 N–H and O–H groups in total. The van der Waals surface area contributed by atoms with Crippen LogP contribution in [0.2, 0.25) is 0 Å². The number of ether oxygens (including phenoxy) is 2. The zero-order chi connectivity index (χ0) is 11.7. The maximum atomic E-state index is 11.6. The SMILES string of the molecule is C#CCOC(=O)[C@@H]1[C@@H](C(=O)O)[C@@H]2CC[C@H]1O2. The summed E-state index contributed by atoms with van der Waals surface area (Å²) in [7, 11) is 0. The van der Waals surface area contributed by atoms with Gasteiger partial charge in [0.15, 0.2) is 6.61 Å². The third kappa shape index (κ3) is 1.65. The number of carbonyl (C=O) groups is 2. The summed E-state index contributed by atoms with van der Waals surface area (Å²) in [6, 6.07) is 0. The van der Waals surface area contributed by atoms with Crippen molar-refractivity contribution in [3.8, 4) is 12.3 Å². The van der Waals surface area contributed by atoms with E-state index in [9.17, 15) is 9.59 Å². The van der Waals surface area contributed by atoms with E-state index in [2.05, 4.69) is 5.92 Å². The number of hydrogen-bond acceptors (Lipinski definition) is 4. The molecular formula is C11H12O5. The average Bonchev–Trinajstić information content (AvgIpc) is 2.84. The lowest BCUT2D eigenvalue weighted by Crippen LogP contribution is -2.39. The molecule has 0 radical (unpaired) electrons. The number of carboxylic acid groups (broad SMARTS) is 1. The fourth-order valence-corrected chi connectivity index (χ4v) is 2.50. The third-order valence-corrected chi connectivity index (χ3v) is 3.13. The second-order valence-corrected chi connectivity index (χ2v) is 3.99. The number of terminal acetylenes is 1. The van der Waals surface area contributed by atoms with Gasteiger partial charge in [-0.1, -0.05) is 5.92 Å². The van der Waals surface area contributed by atoms with Crippen molar-refractivity contribution in [3.63, 3.8) is 0 Å². The molecule has 2 aliphatic heterocycles. The maximum Gasteiger partial charge on any atom is 0.313 e. The van der Waals surface area contributed by atoms with Crippen molar-refractivity contribution >= 4 is 11.9 Å². The van der Waals surface area contributed by atoms with Crippen LogP contribution in [-0.4, -0.2) is 35.9 Å². The van der Waals surface area contributed by atoms with Gasteiger partial charge in [-0.3, -0.25) is 9.59 Å². The smallest absolute Gasteiger partial charge is 0.313 e. The summed E-state index contributed by atoms with van der Waals surface area (Å²) in [5.74, 6) is -0.876. The van der Waals surface area contributed by atoms with Gasteiger partial charge in [0.2, 0.25) is 0 Å². The Bertz CT molecular complexity index is 356. The molecular weight excluding hydrogens is 212 g/mol. The van der Waals surface area contributed by atoms with Crippen LogP contribution in [0.15, 0.2) is 0 Å². The number of carboxylic acids is 1. The van der Waals surface area contributed by atoms with E-state index in [0.717, 1.165) is 0 Å². The first-order valence-electron chi connectivity index (χ1n) is 5.13. The Morgan fingerprint density at radius 2 is 2.00 bits per heavy atom. The molecule has 0 saturated carbocycles. The molecule has 2 rings (SSSR count). The monoisotopic (exact) mass is 224 g/mol. The third-order valence-electron chi connectivity index (χ3n) is 3.13. The van der Waals surface area contributed by atoms with E-state index in [1.54, 1.807) is 0 Å². The predicted molar refractivity (Wildman–Crippen MR) is 52.3 cm³/mol. The van der Waals surface area contributed by atoms with Crippen LogP contribution in [0.3, 0.4) is 0 Å². The summed E-state index contributed by atoms with van der Waals surface area (Å²) in [6.45, 7) is -0.126. The van der Waals surface area contributed by atoms with E-state index in [0.29, 0.717) is 12.8 Å². The molecule has 5 heteroatoms. The van der Waals surface area contributed by atoms with Crippen molar-refractivity contribution in [3.05, 3.63) is 0 Å². The summed E-state index contributed by atoms with van der Waals surface area (Å²) in [5.41, 5.74) is 0. The Labute approximate surface area is 92.7 Å². The van der Waals surface area contributed by atoms with Gasteiger partial charge in [0.05, 0.1) is 24.0 Å². The van der Waals surface area contributed by atoms with Crippen LogP contribution < -0.4 is 0 Å². The van der Waals surface area contributed by atoms with E-state index in [1.807, 2.05) is 0 Å². The summed E-state index contributed by atoms with van der Waals surface area (Å²) in [4.78, 5) is 22.7. The van der Waals surface area contributed by atoms with Crippen LogP contribution in [0.25, 0.3) is 0 Å². The van der Waals surface area contributed by atoms with Gasteiger partial charge in [0, 0.05) is 0 Å².